The summed E-state index contributed by atoms with van der Waals surface area (Å²) in [6, 6.07) is 5.15. The van der Waals surface area contributed by atoms with Gasteiger partial charge >= 0.3 is 5.97 Å². The van der Waals surface area contributed by atoms with Crippen LogP contribution < -0.4 is 0 Å². The predicted octanol–water partition coefficient (Wildman–Crippen LogP) is 2.99. The number of fused-ring (bicyclic) bond motifs is 1. The van der Waals surface area contributed by atoms with E-state index in [1.165, 1.54) is 0 Å². The molecular weight excluding hydrogens is 274 g/mol. The molecule has 0 bridgehead atoms. The van der Waals surface area contributed by atoms with Crippen LogP contribution in [-0.2, 0) is 6.54 Å². The van der Waals surface area contributed by atoms with Gasteiger partial charge in [0.25, 0.3) is 0 Å². The maximum atomic E-state index is 11.3. The van der Waals surface area contributed by atoms with Crippen molar-refractivity contribution in [1.29, 1.82) is 0 Å². The molecule has 0 spiro atoms. The number of aromatic nitrogens is 3. The van der Waals surface area contributed by atoms with Crippen LogP contribution in [0, 0.1) is 0 Å². The number of hydrogen-bond donors (Lipinski definition) is 1. The minimum absolute atomic E-state index is 0.217. The second-order valence-corrected chi connectivity index (χ2v) is 5.57. The highest BCUT2D eigenvalue weighted by Crippen LogP contribution is 2.24. The number of para-hydroxylation sites is 1. The average Bonchev–Trinajstić information content (AvgIpc) is 3.08. The van der Waals surface area contributed by atoms with Gasteiger partial charge in [0.05, 0.1) is 27.9 Å². The van der Waals surface area contributed by atoms with E-state index in [9.17, 15) is 9.90 Å². The van der Waals surface area contributed by atoms with Crippen LogP contribution in [0.15, 0.2) is 36.1 Å². The molecule has 2 aromatic heterocycles. The highest BCUT2D eigenvalue weighted by Gasteiger charge is 2.16. The van der Waals surface area contributed by atoms with Gasteiger partial charge in [-0.1, -0.05) is 13.0 Å². The summed E-state index contributed by atoms with van der Waals surface area (Å²) in [4.78, 5) is 19.9. The van der Waals surface area contributed by atoms with Crippen molar-refractivity contribution < 1.29 is 9.90 Å². The van der Waals surface area contributed by atoms with Crippen LogP contribution >= 0.6 is 11.3 Å². The third-order valence-electron chi connectivity index (χ3n) is 3.21. The molecule has 3 aromatic rings. The second-order valence-electron chi connectivity index (χ2n) is 4.65. The fourth-order valence-electron chi connectivity index (χ4n) is 2.29. The molecule has 1 aromatic carbocycles. The third kappa shape index (κ3) is 2.18. The molecule has 20 heavy (non-hydrogen) atoms. The van der Waals surface area contributed by atoms with Crippen LogP contribution in [0.5, 0.6) is 0 Å². The normalized spacial score (nSPS) is 12.7. The van der Waals surface area contributed by atoms with Crippen LogP contribution in [0.1, 0.15) is 28.2 Å². The van der Waals surface area contributed by atoms with E-state index in [1.54, 1.807) is 36.0 Å². The number of carboxylic acids is 1. The quantitative estimate of drug-likeness (QED) is 0.801. The summed E-state index contributed by atoms with van der Waals surface area (Å²) in [5.41, 5.74) is 1.66. The largest absolute Gasteiger partial charge is 0.478 e. The van der Waals surface area contributed by atoms with Gasteiger partial charge in [-0.05, 0) is 12.1 Å². The fourth-order valence-corrected chi connectivity index (χ4v) is 2.98. The van der Waals surface area contributed by atoms with Gasteiger partial charge in [0, 0.05) is 24.0 Å². The molecule has 6 heteroatoms. The lowest BCUT2D eigenvalue weighted by atomic mass is 10.1. The summed E-state index contributed by atoms with van der Waals surface area (Å²) in [5.74, 6) is -0.714. The Kier molecular flexibility index (Phi) is 3.23. The van der Waals surface area contributed by atoms with Crippen molar-refractivity contribution in [3.63, 3.8) is 0 Å². The Morgan fingerprint density at radius 1 is 1.45 bits per heavy atom. The van der Waals surface area contributed by atoms with Crippen LogP contribution in [0.25, 0.3) is 11.0 Å². The van der Waals surface area contributed by atoms with Gasteiger partial charge in [-0.15, -0.1) is 11.3 Å². The Morgan fingerprint density at radius 2 is 2.30 bits per heavy atom. The first-order valence-corrected chi connectivity index (χ1v) is 7.11. The number of rotatable bonds is 4. The lowest BCUT2D eigenvalue weighted by Crippen LogP contribution is -2.08. The number of hydrogen-bond acceptors (Lipinski definition) is 4. The molecule has 0 amide bonds. The van der Waals surface area contributed by atoms with E-state index in [0.717, 1.165) is 5.01 Å². The zero-order valence-electron chi connectivity index (χ0n) is 10.9. The van der Waals surface area contributed by atoms with Gasteiger partial charge in [-0.2, -0.15) is 0 Å². The maximum absolute atomic E-state index is 11.3. The molecule has 1 N–H and O–H groups in total. The van der Waals surface area contributed by atoms with E-state index in [2.05, 4.69) is 16.9 Å². The predicted molar refractivity (Wildman–Crippen MR) is 77.2 cm³/mol. The lowest BCUT2D eigenvalue weighted by molar-refractivity contribution is 0.0698. The Bertz CT molecular complexity index is 749. The molecule has 1 unspecified atom stereocenters. The minimum Gasteiger partial charge on any atom is -0.478 e. The van der Waals surface area contributed by atoms with E-state index in [4.69, 9.17) is 0 Å². The Morgan fingerprint density at radius 3 is 3.00 bits per heavy atom. The van der Waals surface area contributed by atoms with Crippen LogP contribution in [-0.4, -0.2) is 25.6 Å². The topological polar surface area (TPSA) is 68.0 Å². The first-order chi connectivity index (χ1) is 9.66. The maximum Gasteiger partial charge on any atom is 0.337 e. The molecule has 3 rings (SSSR count). The molecule has 1 atom stereocenters. The van der Waals surface area contributed by atoms with Gasteiger partial charge in [-0.25, -0.2) is 14.8 Å². The van der Waals surface area contributed by atoms with Gasteiger partial charge in [0.2, 0.25) is 0 Å². The van der Waals surface area contributed by atoms with Crippen molar-refractivity contribution in [2.45, 2.75) is 19.4 Å². The number of carboxylic acid groups (broad SMARTS) is 1. The van der Waals surface area contributed by atoms with Crippen molar-refractivity contribution in [2.75, 3.05) is 0 Å². The van der Waals surface area contributed by atoms with Crippen LogP contribution in [0.4, 0.5) is 0 Å². The summed E-state index contributed by atoms with van der Waals surface area (Å²) in [7, 11) is 0. The molecule has 0 aliphatic carbocycles. The molecular formula is C14H13N3O2S. The minimum atomic E-state index is -0.931. The summed E-state index contributed by atoms with van der Waals surface area (Å²) in [6.07, 6.45) is 3.48. The number of nitrogens with zero attached hydrogens (tertiary/aromatic N) is 3. The first kappa shape index (κ1) is 12.8. The monoisotopic (exact) mass is 287 g/mol. The molecule has 102 valence electrons. The molecule has 0 saturated carbocycles. The Hall–Kier alpha value is -2.21. The number of benzene rings is 1. The summed E-state index contributed by atoms with van der Waals surface area (Å²) in [6.45, 7) is 2.74. The van der Waals surface area contributed by atoms with Crippen molar-refractivity contribution in [3.05, 3.63) is 46.7 Å². The zero-order chi connectivity index (χ0) is 14.1. The van der Waals surface area contributed by atoms with Crippen LogP contribution in [0.2, 0.25) is 0 Å². The zero-order valence-corrected chi connectivity index (χ0v) is 11.7. The molecule has 0 aliphatic heterocycles. The second kappa shape index (κ2) is 5.05. The highest BCUT2D eigenvalue weighted by atomic mass is 32.1. The SMILES string of the molecule is CC(Cn1cnc2cccc(C(=O)O)c21)c1nccs1. The van der Waals surface area contributed by atoms with E-state index < -0.39 is 5.97 Å². The number of carbonyl (C=O) groups is 1. The smallest absolute Gasteiger partial charge is 0.337 e. The van der Waals surface area contributed by atoms with Gasteiger partial charge in [-0.3, -0.25) is 0 Å². The van der Waals surface area contributed by atoms with Gasteiger partial charge in [0.15, 0.2) is 0 Å². The Balaban J connectivity index is 2.02. The Labute approximate surface area is 119 Å². The molecule has 2 heterocycles. The van der Waals surface area contributed by atoms with Gasteiger partial charge in [0.1, 0.15) is 0 Å². The van der Waals surface area contributed by atoms with E-state index >= 15 is 0 Å². The van der Waals surface area contributed by atoms with Gasteiger partial charge < -0.3 is 9.67 Å². The molecule has 5 nitrogen and oxygen atoms in total. The molecule has 0 aliphatic rings. The van der Waals surface area contributed by atoms with Crippen molar-refractivity contribution >= 4 is 28.3 Å². The molecule has 0 saturated heterocycles. The number of thiazole rings is 1. The highest BCUT2D eigenvalue weighted by molar-refractivity contribution is 7.09. The fraction of sp³-hybridized carbons (Fsp3) is 0.214. The molecule has 0 radical (unpaired) electrons. The van der Waals surface area contributed by atoms with Crippen molar-refractivity contribution in [2.24, 2.45) is 0 Å². The number of imidazole rings is 1. The summed E-state index contributed by atoms with van der Waals surface area (Å²) >= 11 is 1.61. The van der Waals surface area contributed by atoms with Crippen molar-refractivity contribution in [1.82, 2.24) is 14.5 Å². The average molecular weight is 287 g/mol. The number of aromatic carboxylic acids is 1. The van der Waals surface area contributed by atoms with E-state index in [0.29, 0.717) is 17.6 Å². The standard InChI is InChI=1S/C14H13N3O2S/c1-9(13-15-5-6-20-13)7-17-8-16-11-4-2-3-10(12(11)17)14(18)19/h2-6,8-9H,7H2,1H3,(H,18,19). The van der Waals surface area contributed by atoms with Crippen LogP contribution in [0.3, 0.4) is 0 Å². The summed E-state index contributed by atoms with van der Waals surface area (Å²) < 4.78 is 1.89. The summed E-state index contributed by atoms with van der Waals surface area (Å²) in [5, 5.41) is 12.3. The third-order valence-corrected chi connectivity index (χ3v) is 4.22. The van der Waals surface area contributed by atoms with E-state index in [-0.39, 0.29) is 11.5 Å². The van der Waals surface area contributed by atoms with Crippen molar-refractivity contribution in [3.8, 4) is 0 Å². The van der Waals surface area contributed by atoms with E-state index in [1.807, 2.05) is 16.0 Å². The first-order valence-electron chi connectivity index (χ1n) is 6.23. The lowest BCUT2D eigenvalue weighted by Gasteiger charge is -2.11. The molecule has 0 fully saturated rings.